The maximum atomic E-state index is 12.0. The van der Waals surface area contributed by atoms with Gasteiger partial charge in [0.1, 0.15) is 5.69 Å². The standard InChI is InChI=1S/C15H18BrN3O4/c1-22-14(20)12(15(21)23-2)10-6-5-7-11(16)13(10)17-18-19-8-3-4-9-19/h5-7,12H,3-4,8-9H2,1-2H3. The number of carbonyl (C=O) groups excluding carboxylic acids is 2. The van der Waals surface area contributed by atoms with Crippen LogP contribution in [0, 0.1) is 0 Å². The Morgan fingerprint density at radius 2 is 1.78 bits per heavy atom. The second-order valence-electron chi connectivity index (χ2n) is 5.01. The van der Waals surface area contributed by atoms with Crippen molar-refractivity contribution in [3.63, 3.8) is 0 Å². The van der Waals surface area contributed by atoms with E-state index in [1.54, 1.807) is 18.2 Å². The molecule has 7 nitrogen and oxygen atoms in total. The van der Waals surface area contributed by atoms with E-state index in [-0.39, 0.29) is 0 Å². The van der Waals surface area contributed by atoms with E-state index in [2.05, 4.69) is 26.3 Å². The Labute approximate surface area is 142 Å². The van der Waals surface area contributed by atoms with Crippen LogP contribution < -0.4 is 0 Å². The molecule has 1 heterocycles. The molecule has 2 rings (SSSR count). The summed E-state index contributed by atoms with van der Waals surface area (Å²) < 4.78 is 10.1. The summed E-state index contributed by atoms with van der Waals surface area (Å²) in [6, 6.07) is 5.13. The van der Waals surface area contributed by atoms with E-state index in [1.165, 1.54) is 14.2 Å². The van der Waals surface area contributed by atoms with E-state index < -0.39 is 17.9 Å². The van der Waals surface area contributed by atoms with E-state index in [0.29, 0.717) is 15.7 Å². The fourth-order valence-electron chi connectivity index (χ4n) is 2.35. The van der Waals surface area contributed by atoms with Crippen molar-refractivity contribution >= 4 is 33.6 Å². The van der Waals surface area contributed by atoms with E-state index in [9.17, 15) is 9.59 Å². The van der Waals surface area contributed by atoms with Crippen LogP contribution in [0.2, 0.25) is 0 Å². The van der Waals surface area contributed by atoms with Crippen LogP contribution in [0.4, 0.5) is 5.69 Å². The summed E-state index contributed by atoms with van der Waals surface area (Å²) in [7, 11) is 2.45. The Bertz CT molecular complexity index is 599. The van der Waals surface area contributed by atoms with Crippen LogP contribution in [-0.4, -0.2) is 44.3 Å². The highest BCUT2D eigenvalue weighted by molar-refractivity contribution is 9.10. The van der Waals surface area contributed by atoms with Crippen LogP contribution in [0.5, 0.6) is 0 Å². The molecule has 23 heavy (non-hydrogen) atoms. The first-order valence-electron chi connectivity index (χ1n) is 7.19. The molecular weight excluding hydrogens is 366 g/mol. The highest BCUT2D eigenvalue weighted by atomic mass is 79.9. The zero-order valence-corrected chi connectivity index (χ0v) is 14.6. The van der Waals surface area contributed by atoms with Gasteiger partial charge in [-0.05, 0) is 34.8 Å². The minimum Gasteiger partial charge on any atom is -0.468 e. The molecule has 0 aliphatic carbocycles. The first-order valence-corrected chi connectivity index (χ1v) is 7.98. The smallest absolute Gasteiger partial charge is 0.324 e. The lowest BCUT2D eigenvalue weighted by Crippen LogP contribution is -2.24. The van der Waals surface area contributed by atoms with Crippen molar-refractivity contribution in [3.8, 4) is 0 Å². The van der Waals surface area contributed by atoms with E-state index in [0.717, 1.165) is 25.9 Å². The van der Waals surface area contributed by atoms with Crippen LogP contribution in [0.1, 0.15) is 24.3 Å². The van der Waals surface area contributed by atoms with E-state index >= 15 is 0 Å². The summed E-state index contributed by atoms with van der Waals surface area (Å²) in [4.78, 5) is 24.0. The second kappa shape index (κ2) is 8.05. The van der Waals surface area contributed by atoms with Gasteiger partial charge in [0.25, 0.3) is 0 Å². The van der Waals surface area contributed by atoms with Gasteiger partial charge < -0.3 is 9.47 Å². The molecular formula is C15H18BrN3O4. The number of ether oxygens (including phenoxy) is 2. The number of nitrogens with zero attached hydrogens (tertiary/aromatic N) is 3. The molecule has 8 heteroatoms. The number of methoxy groups -OCH3 is 2. The van der Waals surface area contributed by atoms with Gasteiger partial charge in [0.15, 0.2) is 5.92 Å². The predicted octanol–water partition coefficient (Wildman–Crippen LogP) is 2.97. The largest absolute Gasteiger partial charge is 0.468 e. The third-order valence-electron chi connectivity index (χ3n) is 3.56. The van der Waals surface area contributed by atoms with Gasteiger partial charge in [-0.3, -0.25) is 14.6 Å². The Morgan fingerprint density at radius 1 is 1.17 bits per heavy atom. The predicted molar refractivity (Wildman–Crippen MR) is 86.2 cm³/mol. The molecule has 0 unspecified atom stereocenters. The minimum atomic E-state index is -1.20. The third kappa shape index (κ3) is 4.07. The molecule has 1 aromatic rings. The zero-order valence-electron chi connectivity index (χ0n) is 13.0. The fourth-order valence-corrected chi connectivity index (χ4v) is 2.82. The molecule has 0 N–H and O–H groups in total. The Hall–Kier alpha value is -1.96. The first-order chi connectivity index (χ1) is 11.1. The van der Waals surface area contributed by atoms with Crippen molar-refractivity contribution in [2.24, 2.45) is 10.3 Å². The quantitative estimate of drug-likeness (QED) is 0.443. The van der Waals surface area contributed by atoms with E-state index in [1.807, 2.05) is 5.01 Å². The Morgan fingerprint density at radius 3 is 2.35 bits per heavy atom. The van der Waals surface area contributed by atoms with Crippen molar-refractivity contribution in [2.75, 3.05) is 27.3 Å². The van der Waals surface area contributed by atoms with Crippen LogP contribution in [-0.2, 0) is 19.1 Å². The minimum absolute atomic E-state index is 0.390. The SMILES string of the molecule is COC(=O)C(C(=O)OC)c1cccc(Br)c1N=NN1CCCC1. The second-order valence-corrected chi connectivity index (χ2v) is 5.86. The molecule has 1 saturated heterocycles. The van der Waals surface area contributed by atoms with Crippen molar-refractivity contribution in [3.05, 3.63) is 28.2 Å². The van der Waals surface area contributed by atoms with Gasteiger partial charge in [0, 0.05) is 23.1 Å². The van der Waals surface area contributed by atoms with Gasteiger partial charge in [-0.2, -0.15) is 0 Å². The highest BCUT2D eigenvalue weighted by Gasteiger charge is 2.33. The molecule has 0 spiro atoms. The molecule has 0 atom stereocenters. The van der Waals surface area contributed by atoms with Gasteiger partial charge >= 0.3 is 11.9 Å². The Balaban J connectivity index is 2.41. The average Bonchev–Trinajstić information content (AvgIpc) is 3.07. The molecule has 0 radical (unpaired) electrons. The molecule has 1 fully saturated rings. The van der Waals surface area contributed by atoms with Crippen LogP contribution in [0.25, 0.3) is 0 Å². The number of benzene rings is 1. The number of halogens is 1. The molecule has 1 aliphatic heterocycles. The van der Waals surface area contributed by atoms with Crippen molar-refractivity contribution < 1.29 is 19.1 Å². The summed E-state index contributed by atoms with van der Waals surface area (Å²) in [6.07, 6.45) is 2.16. The summed E-state index contributed by atoms with van der Waals surface area (Å²) >= 11 is 3.39. The summed E-state index contributed by atoms with van der Waals surface area (Å²) in [5.41, 5.74) is 0.807. The van der Waals surface area contributed by atoms with Crippen LogP contribution in [0.15, 0.2) is 33.0 Å². The van der Waals surface area contributed by atoms with Crippen LogP contribution in [0.3, 0.4) is 0 Å². The van der Waals surface area contributed by atoms with Crippen molar-refractivity contribution in [1.82, 2.24) is 5.01 Å². The highest BCUT2D eigenvalue weighted by Crippen LogP contribution is 2.36. The van der Waals surface area contributed by atoms with Gasteiger partial charge in [0.05, 0.1) is 14.2 Å². The molecule has 1 aromatic carbocycles. The van der Waals surface area contributed by atoms with Gasteiger partial charge in [-0.1, -0.05) is 17.4 Å². The molecule has 0 bridgehead atoms. The maximum absolute atomic E-state index is 12.0. The van der Waals surface area contributed by atoms with Gasteiger partial charge in [-0.15, -0.1) is 5.11 Å². The normalized spacial score (nSPS) is 14.5. The molecule has 0 aromatic heterocycles. The number of carbonyl (C=O) groups is 2. The average molecular weight is 384 g/mol. The van der Waals surface area contributed by atoms with Crippen molar-refractivity contribution in [2.45, 2.75) is 18.8 Å². The van der Waals surface area contributed by atoms with E-state index in [4.69, 9.17) is 9.47 Å². The number of hydrogen-bond donors (Lipinski definition) is 0. The first kappa shape index (κ1) is 17.4. The summed E-state index contributed by atoms with van der Waals surface area (Å²) in [5, 5.41) is 10.3. The Kier molecular flexibility index (Phi) is 6.09. The van der Waals surface area contributed by atoms with Gasteiger partial charge in [0.2, 0.25) is 0 Å². The van der Waals surface area contributed by atoms with Crippen molar-refractivity contribution in [1.29, 1.82) is 0 Å². The number of rotatable bonds is 5. The molecule has 0 amide bonds. The topological polar surface area (TPSA) is 80.6 Å². The summed E-state index contributed by atoms with van der Waals surface area (Å²) in [6.45, 7) is 1.70. The third-order valence-corrected chi connectivity index (χ3v) is 4.20. The lowest BCUT2D eigenvalue weighted by molar-refractivity contribution is -0.154. The monoisotopic (exact) mass is 383 g/mol. The lowest BCUT2D eigenvalue weighted by atomic mass is 9.97. The van der Waals surface area contributed by atoms with Crippen LogP contribution >= 0.6 is 15.9 Å². The van der Waals surface area contributed by atoms with Gasteiger partial charge in [-0.25, -0.2) is 0 Å². The summed E-state index contributed by atoms with van der Waals surface area (Å²) in [5.74, 6) is -2.60. The number of esters is 2. The number of hydrogen-bond acceptors (Lipinski definition) is 6. The maximum Gasteiger partial charge on any atom is 0.324 e. The molecule has 1 aliphatic rings. The lowest BCUT2D eigenvalue weighted by Gasteiger charge is -2.15. The zero-order chi connectivity index (χ0) is 16.8. The fraction of sp³-hybridized carbons (Fsp3) is 0.467. The molecule has 124 valence electrons. The molecule has 0 saturated carbocycles.